The lowest BCUT2D eigenvalue weighted by atomic mass is 9.96. The van der Waals surface area contributed by atoms with Gasteiger partial charge in [0.15, 0.2) is 0 Å². The van der Waals surface area contributed by atoms with Gasteiger partial charge in [-0.15, -0.1) is 0 Å². The van der Waals surface area contributed by atoms with Crippen molar-refractivity contribution in [1.82, 2.24) is 0 Å². The summed E-state index contributed by atoms with van der Waals surface area (Å²) in [6.07, 6.45) is 1.89. The van der Waals surface area contributed by atoms with Crippen LogP contribution in [0.15, 0.2) is 42.5 Å². The van der Waals surface area contributed by atoms with Crippen molar-refractivity contribution in [3.8, 4) is 0 Å². The number of anilines is 3. The third-order valence-electron chi connectivity index (χ3n) is 5.91. The molecule has 1 aliphatic rings. The number of nitrogens with zero attached hydrogens (tertiary/aromatic N) is 1. The van der Waals surface area contributed by atoms with Crippen molar-refractivity contribution in [1.29, 1.82) is 0 Å². The molecule has 2 aromatic carbocycles. The number of amides is 2. The van der Waals surface area contributed by atoms with E-state index in [1.54, 1.807) is 0 Å². The Labute approximate surface area is 189 Å². The average Bonchev–Trinajstić information content (AvgIpc) is 2.77. The predicted octanol–water partition coefficient (Wildman–Crippen LogP) is 5.22. The number of rotatable bonds is 8. The third kappa shape index (κ3) is 6.23. The van der Waals surface area contributed by atoms with Crippen LogP contribution in [-0.2, 0) is 9.53 Å². The number of carbonyl (C=O) groups excluding carboxylic acids is 1. The van der Waals surface area contributed by atoms with E-state index >= 15 is 0 Å². The van der Waals surface area contributed by atoms with Crippen LogP contribution in [0.25, 0.3) is 0 Å². The molecule has 1 atom stereocenters. The molecule has 1 fully saturated rings. The Balaban J connectivity index is 1.88. The Morgan fingerprint density at radius 1 is 1.12 bits per heavy atom. The lowest BCUT2D eigenvalue weighted by molar-refractivity contribution is -0.137. The van der Waals surface area contributed by atoms with Gasteiger partial charge in [-0.05, 0) is 62.4 Å². The van der Waals surface area contributed by atoms with Gasteiger partial charge in [0.25, 0.3) is 0 Å². The van der Waals surface area contributed by atoms with Crippen LogP contribution in [0.4, 0.5) is 21.9 Å². The maximum absolute atomic E-state index is 12.8. The normalized spacial score (nSPS) is 15.1. The monoisotopic (exact) mass is 439 g/mol. The highest BCUT2D eigenvalue weighted by molar-refractivity contribution is 6.02. The summed E-state index contributed by atoms with van der Waals surface area (Å²) in [4.78, 5) is 26.3. The highest BCUT2D eigenvalue weighted by Gasteiger charge is 2.24. The summed E-state index contributed by atoms with van der Waals surface area (Å²) in [6, 6.07) is 13.5. The SMILES string of the molecule is CCN(c1ccc(C(C)CC(=O)O)cc1NC(=O)Nc1ccc(C)cc1)C1CCOCC1. The highest BCUT2D eigenvalue weighted by atomic mass is 16.5. The van der Waals surface area contributed by atoms with Crippen LogP contribution in [-0.4, -0.2) is 42.9 Å². The van der Waals surface area contributed by atoms with E-state index in [-0.39, 0.29) is 18.4 Å². The van der Waals surface area contributed by atoms with E-state index in [1.807, 2.05) is 56.3 Å². The molecule has 1 heterocycles. The molecule has 0 aliphatic carbocycles. The maximum Gasteiger partial charge on any atom is 0.323 e. The Bertz CT molecular complexity index is 923. The van der Waals surface area contributed by atoms with E-state index in [9.17, 15) is 14.7 Å². The van der Waals surface area contributed by atoms with Crippen molar-refractivity contribution in [3.05, 3.63) is 53.6 Å². The van der Waals surface area contributed by atoms with Crippen LogP contribution in [0.3, 0.4) is 0 Å². The fraction of sp³-hybridized carbons (Fsp3) is 0.440. The van der Waals surface area contributed by atoms with E-state index in [2.05, 4.69) is 22.5 Å². The standard InChI is InChI=1S/C25H33N3O4/c1-4-28(21-11-13-32-14-12-21)23-10-7-19(18(3)15-24(29)30)16-22(23)27-25(31)26-20-8-5-17(2)6-9-20/h5-10,16,18,21H,4,11-15H2,1-3H3,(H,29,30)(H2,26,27,31). The minimum Gasteiger partial charge on any atom is -0.481 e. The second-order valence-electron chi connectivity index (χ2n) is 8.35. The molecule has 2 amide bonds. The lowest BCUT2D eigenvalue weighted by Gasteiger charge is -2.36. The first-order valence-electron chi connectivity index (χ1n) is 11.2. The molecule has 2 aromatic rings. The van der Waals surface area contributed by atoms with Crippen molar-refractivity contribution < 1.29 is 19.4 Å². The molecule has 0 bridgehead atoms. The zero-order chi connectivity index (χ0) is 23.1. The maximum atomic E-state index is 12.8. The zero-order valence-corrected chi connectivity index (χ0v) is 19.1. The minimum atomic E-state index is -0.842. The van der Waals surface area contributed by atoms with Crippen LogP contribution in [0.2, 0.25) is 0 Å². The van der Waals surface area contributed by atoms with Gasteiger partial charge >= 0.3 is 12.0 Å². The molecule has 1 saturated heterocycles. The highest BCUT2D eigenvalue weighted by Crippen LogP contribution is 2.34. The van der Waals surface area contributed by atoms with E-state index in [0.29, 0.717) is 17.4 Å². The third-order valence-corrected chi connectivity index (χ3v) is 5.91. The van der Waals surface area contributed by atoms with Crippen LogP contribution >= 0.6 is 0 Å². The second-order valence-corrected chi connectivity index (χ2v) is 8.35. The average molecular weight is 440 g/mol. The van der Waals surface area contributed by atoms with Crippen LogP contribution in [0, 0.1) is 6.92 Å². The molecule has 1 aliphatic heterocycles. The number of carboxylic acids is 1. The van der Waals surface area contributed by atoms with Crippen LogP contribution < -0.4 is 15.5 Å². The predicted molar refractivity (Wildman–Crippen MR) is 128 cm³/mol. The van der Waals surface area contributed by atoms with Crippen molar-refractivity contribution >= 4 is 29.1 Å². The topological polar surface area (TPSA) is 90.9 Å². The Morgan fingerprint density at radius 3 is 2.44 bits per heavy atom. The number of nitrogens with one attached hydrogen (secondary N) is 2. The van der Waals surface area contributed by atoms with E-state index in [1.165, 1.54) is 0 Å². The van der Waals surface area contributed by atoms with Gasteiger partial charge in [-0.25, -0.2) is 4.79 Å². The van der Waals surface area contributed by atoms with Crippen LogP contribution in [0.5, 0.6) is 0 Å². The van der Waals surface area contributed by atoms with Gasteiger partial charge in [-0.3, -0.25) is 4.79 Å². The summed E-state index contributed by atoms with van der Waals surface area (Å²) in [5.74, 6) is -1.01. The molecule has 1 unspecified atom stereocenters. The van der Waals surface area contributed by atoms with E-state index in [0.717, 1.165) is 49.4 Å². The first-order chi connectivity index (χ1) is 15.4. The number of benzene rings is 2. The molecule has 0 aromatic heterocycles. The quantitative estimate of drug-likeness (QED) is 0.524. The molecular formula is C25H33N3O4. The lowest BCUT2D eigenvalue weighted by Crippen LogP contribution is -2.40. The molecule has 0 spiro atoms. The van der Waals surface area contributed by atoms with Gasteiger partial charge in [-0.1, -0.05) is 30.7 Å². The summed E-state index contributed by atoms with van der Waals surface area (Å²) in [5, 5.41) is 15.1. The summed E-state index contributed by atoms with van der Waals surface area (Å²) in [5.41, 5.74) is 4.32. The molecule has 7 nitrogen and oxygen atoms in total. The zero-order valence-electron chi connectivity index (χ0n) is 19.1. The fourth-order valence-corrected chi connectivity index (χ4v) is 4.13. The first kappa shape index (κ1) is 23.6. The Kier molecular flexibility index (Phi) is 8.11. The second kappa shape index (κ2) is 11.0. The van der Waals surface area contributed by atoms with Crippen molar-refractivity contribution in [2.45, 2.75) is 52.0 Å². The smallest absolute Gasteiger partial charge is 0.323 e. The molecule has 0 saturated carbocycles. The molecule has 3 rings (SSSR count). The molecule has 32 heavy (non-hydrogen) atoms. The van der Waals surface area contributed by atoms with Gasteiger partial charge in [0, 0.05) is 31.5 Å². The Hall–Kier alpha value is -3.06. The Morgan fingerprint density at radius 2 is 1.81 bits per heavy atom. The first-order valence-corrected chi connectivity index (χ1v) is 11.2. The fourth-order valence-electron chi connectivity index (χ4n) is 4.13. The number of hydrogen-bond acceptors (Lipinski definition) is 4. The van der Waals surface area contributed by atoms with E-state index < -0.39 is 5.97 Å². The number of carbonyl (C=O) groups is 2. The number of aryl methyl sites for hydroxylation is 1. The van der Waals surface area contributed by atoms with E-state index in [4.69, 9.17) is 4.74 Å². The molecule has 0 radical (unpaired) electrons. The summed E-state index contributed by atoms with van der Waals surface area (Å²) >= 11 is 0. The van der Waals surface area contributed by atoms with Crippen molar-refractivity contribution in [3.63, 3.8) is 0 Å². The van der Waals surface area contributed by atoms with Gasteiger partial charge in [-0.2, -0.15) is 0 Å². The summed E-state index contributed by atoms with van der Waals surface area (Å²) in [6.45, 7) is 8.23. The van der Waals surface area contributed by atoms with Gasteiger partial charge in [0.2, 0.25) is 0 Å². The molecule has 3 N–H and O–H groups in total. The molecule has 7 heteroatoms. The number of ether oxygens (including phenoxy) is 1. The number of urea groups is 1. The minimum absolute atomic E-state index is 0.0335. The number of hydrogen-bond donors (Lipinski definition) is 3. The summed E-state index contributed by atoms with van der Waals surface area (Å²) in [7, 11) is 0. The van der Waals surface area contributed by atoms with Gasteiger partial charge in [0.05, 0.1) is 17.8 Å². The largest absolute Gasteiger partial charge is 0.481 e. The summed E-state index contributed by atoms with van der Waals surface area (Å²) < 4.78 is 5.53. The van der Waals surface area contributed by atoms with Gasteiger partial charge in [0.1, 0.15) is 0 Å². The number of aliphatic carboxylic acids is 1. The van der Waals surface area contributed by atoms with Crippen molar-refractivity contribution in [2.75, 3.05) is 35.3 Å². The molecular weight excluding hydrogens is 406 g/mol. The van der Waals surface area contributed by atoms with Gasteiger partial charge < -0.3 is 25.4 Å². The molecule has 172 valence electrons. The number of carboxylic acid groups (broad SMARTS) is 1. The van der Waals surface area contributed by atoms with Crippen LogP contribution in [0.1, 0.15) is 50.2 Å². The van der Waals surface area contributed by atoms with Crippen molar-refractivity contribution in [2.24, 2.45) is 0 Å².